The molecule has 0 heterocycles. The molecule has 15 heavy (non-hydrogen) atoms. The summed E-state index contributed by atoms with van der Waals surface area (Å²) in [6, 6.07) is 5.97. The van der Waals surface area contributed by atoms with Crippen molar-refractivity contribution in [3.05, 3.63) is 32.7 Å². The van der Waals surface area contributed by atoms with Gasteiger partial charge in [0, 0.05) is 8.95 Å². The summed E-state index contributed by atoms with van der Waals surface area (Å²) < 4.78 is 2.03. The van der Waals surface area contributed by atoms with E-state index in [1.807, 2.05) is 18.2 Å². The predicted molar refractivity (Wildman–Crippen MR) is 68.8 cm³/mol. The van der Waals surface area contributed by atoms with E-state index in [0.29, 0.717) is 5.92 Å². The zero-order valence-electron chi connectivity index (χ0n) is 8.42. The maximum atomic E-state index is 10.3. The van der Waals surface area contributed by atoms with Crippen molar-refractivity contribution in [3.8, 4) is 0 Å². The molecule has 1 N–H and O–H groups in total. The Bertz CT molecular complexity index is 345. The van der Waals surface area contributed by atoms with Crippen molar-refractivity contribution in [1.29, 1.82) is 0 Å². The largest absolute Gasteiger partial charge is 0.388 e. The van der Waals surface area contributed by atoms with E-state index < -0.39 is 0 Å². The molecule has 0 spiro atoms. The van der Waals surface area contributed by atoms with Gasteiger partial charge >= 0.3 is 0 Å². The number of halogens is 2. The fourth-order valence-electron chi connectivity index (χ4n) is 2.27. The third-order valence-electron chi connectivity index (χ3n) is 3.12. The van der Waals surface area contributed by atoms with Crippen LogP contribution in [0.4, 0.5) is 0 Å². The lowest BCUT2D eigenvalue weighted by Crippen LogP contribution is -2.09. The molecule has 1 aromatic rings. The third-order valence-corrected chi connectivity index (χ3v) is 4.34. The molecular weight excluding hydrogens is 320 g/mol. The molecule has 0 aromatic heterocycles. The highest BCUT2D eigenvalue weighted by Crippen LogP contribution is 2.38. The van der Waals surface area contributed by atoms with Crippen LogP contribution in [0.25, 0.3) is 0 Å². The lowest BCUT2D eigenvalue weighted by atomic mass is 9.94. The third kappa shape index (κ3) is 2.63. The first kappa shape index (κ1) is 11.6. The Labute approximate surface area is 107 Å². The average molecular weight is 334 g/mol. The minimum Gasteiger partial charge on any atom is -0.388 e. The smallest absolute Gasteiger partial charge is 0.0829 e. The molecule has 1 fully saturated rings. The van der Waals surface area contributed by atoms with Gasteiger partial charge in [-0.2, -0.15) is 0 Å². The Morgan fingerprint density at radius 2 is 1.87 bits per heavy atom. The van der Waals surface area contributed by atoms with Gasteiger partial charge in [0.1, 0.15) is 0 Å². The van der Waals surface area contributed by atoms with Gasteiger partial charge in [0.2, 0.25) is 0 Å². The van der Waals surface area contributed by atoms with E-state index in [9.17, 15) is 5.11 Å². The van der Waals surface area contributed by atoms with E-state index in [1.54, 1.807) is 0 Å². The molecule has 82 valence electrons. The van der Waals surface area contributed by atoms with Crippen LogP contribution in [0.15, 0.2) is 27.1 Å². The maximum Gasteiger partial charge on any atom is 0.0829 e. The lowest BCUT2D eigenvalue weighted by Gasteiger charge is -2.19. The molecule has 1 aliphatic carbocycles. The zero-order chi connectivity index (χ0) is 10.8. The molecule has 1 aromatic carbocycles. The van der Waals surface area contributed by atoms with E-state index in [1.165, 1.54) is 12.8 Å². The summed E-state index contributed by atoms with van der Waals surface area (Å²) in [7, 11) is 0. The van der Waals surface area contributed by atoms with Gasteiger partial charge in [-0.25, -0.2) is 0 Å². The van der Waals surface area contributed by atoms with Crippen LogP contribution in [-0.2, 0) is 0 Å². The summed E-state index contributed by atoms with van der Waals surface area (Å²) in [5, 5.41) is 10.3. The summed E-state index contributed by atoms with van der Waals surface area (Å²) >= 11 is 6.94. The van der Waals surface area contributed by atoms with Crippen molar-refractivity contribution in [2.24, 2.45) is 5.92 Å². The van der Waals surface area contributed by atoms with E-state index in [-0.39, 0.29) is 6.10 Å². The van der Waals surface area contributed by atoms with Crippen molar-refractivity contribution < 1.29 is 5.11 Å². The van der Waals surface area contributed by atoms with Gasteiger partial charge in [-0.1, -0.05) is 44.7 Å². The molecule has 0 amide bonds. The highest BCUT2D eigenvalue weighted by molar-refractivity contribution is 9.11. The fourth-order valence-corrected chi connectivity index (χ4v) is 3.13. The Morgan fingerprint density at radius 3 is 2.53 bits per heavy atom. The predicted octanol–water partition coefficient (Wildman–Crippen LogP) is 4.44. The number of rotatable bonds is 2. The summed E-state index contributed by atoms with van der Waals surface area (Å²) in [6.07, 6.45) is 4.50. The van der Waals surface area contributed by atoms with Crippen LogP contribution in [0, 0.1) is 5.92 Å². The van der Waals surface area contributed by atoms with Gasteiger partial charge < -0.3 is 5.11 Å². The van der Waals surface area contributed by atoms with Gasteiger partial charge in [0.25, 0.3) is 0 Å². The van der Waals surface area contributed by atoms with E-state index in [2.05, 4.69) is 31.9 Å². The Balaban J connectivity index is 2.23. The van der Waals surface area contributed by atoms with Crippen LogP contribution in [-0.4, -0.2) is 5.11 Å². The summed E-state index contributed by atoms with van der Waals surface area (Å²) in [6.45, 7) is 0. The molecule has 1 unspecified atom stereocenters. The molecule has 1 atom stereocenters. The molecule has 1 aliphatic rings. The molecule has 0 radical (unpaired) electrons. The maximum absolute atomic E-state index is 10.3. The number of aliphatic hydroxyl groups is 1. The van der Waals surface area contributed by atoms with Crippen LogP contribution in [0.5, 0.6) is 0 Å². The van der Waals surface area contributed by atoms with Crippen molar-refractivity contribution in [3.63, 3.8) is 0 Å². The standard InChI is InChI=1S/C12H14Br2O/c13-9-5-6-11(14)10(7-9)12(15)8-3-1-2-4-8/h5-8,12,15H,1-4H2. The Morgan fingerprint density at radius 1 is 1.20 bits per heavy atom. The van der Waals surface area contributed by atoms with Crippen molar-refractivity contribution >= 4 is 31.9 Å². The Kier molecular flexibility index (Phi) is 3.86. The van der Waals surface area contributed by atoms with Crippen LogP contribution in [0.2, 0.25) is 0 Å². The minimum absolute atomic E-state index is 0.320. The highest BCUT2D eigenvalue weighted by atomic mass is 79.9. The van der Waals surface area contributed by atoms with Crippen molar-refractivity contribution in [2.45, 2.75) is 31.8 Å². The summed E-state index contributed by atoms with van der Waals surface area (Å²) in [4.78, 5) is 0. The number of hydrogen-bond acceptors (Lipinski definition) is 1. The first-order valence-corrected chi connectivity index (χ1v) is 6.90. The number of hydrogen-bond donors (Lipinski definition) is 1. The van der Waals surface area contributed by atoms with Crippen LogP contribution in [0.1, 0.15) is 37.4 Å². The Hall–Kier alpha value is 0.140. The SMILES string of the molecule is OC(c1cc(Br)ccc1Br)C1CCCC1. The fraction of sp³-hybridized carbons (Fsp3) is 0.500. The normalized spacial score (nSPS) is 19.4. The van der Waals surface area contributed by atoms with Crippen molar-refractivity contribution in [1.82, 2.24) is 0 Å². The summed E-state index contributed by atoms with van der Waals surface area (Å²) in [5.74, 6) is 0.440. The highest BCUT2D eigenvalue weighted by Gasteiger charge is 2.25. The second-order valence-electron chi connectivity index (χ2n) is 4.16. The van der Waals surface area contributed by atoms with E-state index >= 15 is 0 Å². The van der Waals surface area contributed by atoms with Crippen molar-refractivity contribution in [2.75, 3.05) is 0 Å². The van der Waals surface area contributed by atoms with Crippen LogP contribution >= 0.6 is 31.9 Å². The second-order valence-corrected chi connectivity index (χ2v) is 5.93. The van der Waals surface area contributed by atoms with Gasteiger partial charge in [-0.05, 0) is 42.5 Å². The van der Waals surface area contributed by atoms with E-state index in [4.69, 9.17) is 0 Å². The summed E-state index contributed by atoms with van der Waals surface area (Å²) in [5.41, 5.74) is 1.01. The van der Waals surface area contributed by atoms with E-state index in [0.717, 1.165) is 27.4 Å². The molecular formula is C12H14Br2O. The molecule has 0 saturated heterocycles. The first-order chi connectivity index (χ1) is 7.18. The van der Waals surface area contributed by atoms with Gasteiger partial charge in [-0.15, -0.1) is 0 Å². The monoisotopic (exact) mass is 332 g/mol. The molecule has 0 bridgehead atoms. The first-order valence-electron chi connectivity index (χ1n) is 5.31. The molecule has 2 rings (SSSR count). The minimum atomic E-state index is -0.320. The second kappa shape index (κ2) is 4.98. The molecule has 0 aliphatic heterocycles. The lowest BCUT2D eigenvalue weighted by molar-refractivity contribution is 0.111. The molecule has 1 saturated carbocycles. The van der Waals surface area contributed by atoms with Crippen LogP contribution in [0.3, 0.4) is 0 Å². The van der Waals surface area contributed by atoms with Gasteiger partial charge in [0.15, 0.2) is 0 Å². The quantitative estimate of drug-likeness (QED) is 0.848. The topological polar surface area (TPSA) is 20.2 Å². The van der Waals surface area contributed by atoms with Gasteiger partial charge in [-0.3, -0.25) is 0 Å². The number of benzene rings is 1. The molecule has 1 nitrogen and oxygen atoms in total. The van der Waals surface area contributed by atoms with Crippen LogP contribution < -0.4 is 0 Å². The zero-order valence-corrected chi connectivity index (χ0v) is 11.6. The van der Waals surface area contributed by atoms with Gasteiger partial charge in [0.05, 0.1) is 6.10 Å². The average Bonchev–Trinajstić information content (AvgIpc) is 2.74. The number of aliphatic hydroxyl groups excluding tert-OH is 1. The molecule has 3 heteroatoms.